The summed E-state index contributed by atoms with van der Waals surface area (Å²) in [5.74, 6) is 0. The van der Waals surface area contributed by atoms with E-state index in [9.17, 15) is 0 Å². The fraction of sp³-hybridized carbons (Fsp3) is 0.318. The van der Waals surface area contributed by atoms with Crippen molar-refractivity contribution in [2.24, 2.45) is 10.4 Å². The van der Waals surface area contributed by atoms with Crippen molar-refractivity contribution < 1.29 is 0 Å². The monoisotopic (exact) mass is 305 g/mol. The zero-order chi connectivity index (χ0) is 16.9. The molecule has 1 unspecified atom stereocenters. The van der Waals surface area contributed by atoms with Crippen molar-refractivity contribution in [3.63, 3.8) is 0 Å². The van der Waals surface area contributed by atoms with Crippen LogP contribution in [0.4, 0.5) is 0 Å². The van der Waals surface area contributed by atoms with Crippen LogP contribution in [0.15, 0.2) is 77.8 Å². The van der Waals surface area contributed by atoms with E-state index < -0.39 is 0 Å². The molecule has 0 aliphatic rings. The van der Waals surface area contributed by atoms with E-state index in [0.29, 0.717) is 0 Å². The molecule has 2 aromatic carbocycles. The Labute approximate surface area is 140 Å². The van der Waals surface area contributed by atoms with Gasteiger partial charge in [0.05, 0.1) is 11.8 Å². The van der Waals surface area contributed by atoms with E-state index in [1.807, 2.05) is 12.1 Å². The third kappa shape index (κ3) is 4.92. The zero-order valence-electron chi connectivity index (χ0n) is 14.7. The van der Waals surface area contributed by atoms with Crippen LogP contribution in [-0.4, -0.2) is 11.8 Å². The lowest BCUT2D eigenvalue weighted by Gasteiger charge is -2.29. The van der Waals surface area contributed by atoms with E-state index in [2.05, 4.69) is 82.8 Å². The van der Waals surface area contributed by atoms with Crippen molar-refractivity contribution in [1.29, 1.82) is 0 Å². The number of aliphatic imine (C=N–C) groups is 1. The van der Waals surface area contributed by atoms with Gasteiger partial charge < -0.3 is 0 Å². The maximum atomic E-state index is 5.18. The van der Waals surface area contributed by atoms with E-state index >= 15 is 0 Å². The summed E-state index contributed by atoms with van der Waals surface area (Å²) in [4.78, 5) is 5.18. The molecular weight excluding hydrogens is 278 g/mol. The van der Waals surface area contributed by atoms with E-state index in [1.165, 1.54) is 5.57 Å². The molecule has 1 atom stereocenters. The summed E-state index contributed by atoms with van der Waals surface area (Å²) in [6.07, 6.45) is 0.909. The highest BCUT2D eigenvalue weighted by Crippen LogP contribution is 2.28. The van der Waals surface area contributed by atoms with Crippen molar-refractivity contribution in [1.82, 2.24) is 0 Å². The van der Waals surface area contributed by atoms with E-state index in [1.54, 1.807) is 0 Å². The maximum absolute atomic E-state index is 5.18. The zero-order valence-corrected chi connectivity index (χ0v) is 14.7. The third-order valence-electron chi connectivity index (χ3n) is 3.92. The Morgan fingerprint density at radius 3 is 1.70 bits per heavy atom. The molecule has 0 aromatic heterocycles. The topological polar surface area (TPSA) is 12.4 Å². The molecular formula is C22H27N. The molecule has 0 spiro atoms. The van der Waals surface area contributed by atoms with Crippen LogP contribution in [0.3, 0.4) is 0 Å². The van der Waals surface area contributed by atoms with Crippen LogP contribution < -0.4 is 0 Å². The van der Waals surface area contributed by atoms with Gasteiger partial charge in [-0.1, -0.05) is 87.0 Å². The number of hydrogen-bond acceptors (Lipinski definition) is 1. The first-order valence-corrected chi connectivity index (χ1v) is 8.21. The van der Waals surface area contributed by atoms with Gasteiger partial charge >= 0.3 is 0 Å². The van der Waals surface area contributed by atoms with E-state index in [4.69, 9.17) is 4.99 Å². The third-order valence-corrected chi connectivity index (χ3v) is 3.92. The fourth-order valence-electron chi connectivity index (χ4n) is 2.54. The van der Waals surface area contributed by atoms with Gasteiger partial charge in [-0.05, 0) is 18.8 Å². The molecule has 0 N–H and O–H groups in total. The van der Waals surface area contributed by atoms with Crippen LogP contribution in [0.25, 0.3) is 0 Å². The van der Waals surface area contributed by atoms with Gasteiger partial charge in [-0.2, -0.15) is 0 Å². The molecule has 0 bridgehead atoms. The van der Waals surface area contributed by atoms with Crippen LogP contribution >= 0.6 is 0 Å². The highest BCUT2D eigenvalue weighted by Gasteiger charge is 2.25. The molecule has 0 heterocycles. The first kappa shape index (κ1) is 17.2. The molecule has 0 aliphatic carbocycles. The molecule has 0 amide bonds. The summed E-state index contributed by atoms with van der Waals surface area (Å²) >= 11 is 0. The predicted molar refractivity (Wildman–Crippen MR) is 101 cm³/mol. The molecule has 2 aromatic rings. The Balaban J connectivity index is 2.53. The van der Waals surface area contributed by atoms with Gasteiger partial charge in [-0.25, -0.2) is 0 Å². The van der Waals surface area contributed by atoms with Crippen LogP contribution in [0.5, 0.6) is 0 Å². The summed E-state index contributed by atoms with van der Waals surface area (Å²) in [6, 6.07) is 21.1. The lowest BCUT2D eigenvalue weighted by Crippen LogP contribution is -2.26. The van der Waals surface area contributed by atoms with Crippen molar-refractivity contribution in [2.75, 3.05) is 0 Å². The molecule has 2 rings (SSSR count). The normalized spacial score (nSPS) is 12.5. The van der Waals surface area contributed by atoms with Crippen LogP contribution in [0.1, 0.15) is 45.2 Å². The first-order chi connectivity index (χ1) is 10.9. The standard InChI is InChI=1S/C22H27N/c1-17(2)16-20(22(3,4)5)23-21(18-12-8-6-9-13-18)19-14-10-7-11-15-19/h6-15,20H,1,16H2,2-5H3. The van der Waals surface area contributed by atoms with Crippen molar-refractivity contribution in [3.05, 3.63) is 83.9 Å². The summed E-state index contributed by atoms with van der Waals surface area (Å²) in [7, 11) is 0. The predicted octanol–water partition coefficient (Wildman–Crippen LogP) is 5.90. The van der Waals surface area contributed by atoms with Crippen molar-refractivity contribution >= 4 is 5.71 Å². The average Bonchev–Trinajstić information content (AvgIpc) is 2.51. The maximum Gasteiger partial charge on any atom is 0.0722 e. The highest BCUT2D eigenvalue weighted by molar-refractivity contribution is 6.13. The van der Waals surface area contributed by atoms with E-state index in [-0.39, 0.29) is 11.5 Å². The van der Waals surface area contributed by atoms with Crippen LogP contribution in [0, 0.1) is 5.41 Å². The van der Waals surface area contributed by atoms with E-state index in [0.717, 1.165) is 23.3 Å². The second kappa shape index (κ2) is 7.41. The Bertz CT molecular complexity index is 619. The van der Waals surface area contributed by atoms with Gasteiger partial charge in [-0.15, -0.1) is 6.58 Å². The second-order valence-electron chi connectivity index (χ2n) is 7.25. The van der Waals surface area contributed by atoms with Crippen LogP contribution in [-0.2, 0) is 0 Å². The van der Waals surface area contributed by atoms with Gasteiger partial charge in [-0.3, -0.25) is 4.99 Å². The smallest absolute Gasteiger partial charge is 0.0722 e. The molecule has 120 valence electrons. The largest absolute Gasteiger partial charge is 0.280 e. The number of rotatable bonds is 5. The molecule has 0 aliphatic heterocycles. The molecule has 1 heteroatoms. The summed E-state index contributed by atoms with van der Waals surface area (Å²) in [5.41, 5.74) is 4.65. The second-order valence-corrected chi connectivity index (χ2v) is 7.25. The molecule has 0 radical (unpaired) electrons. The molecule has 23 heavy (non-hydrogen) atoms. The fourth-order valence-corrected chi connectivity index (χ4v) is 2.54. The Kier molecular flexibility index (Phi) is 5.54. The SMILES string of the molecule is C=C(C)CC(N=C(c1ccccc1)c1ccccc1)C(C)(C)C. The minimum absolute atomic E-state index is 0.0910. The number of nitrogens with zero attached hydrogens (tertiary/aromatic N) is 1. The molecule has 1 nitrogen and oxygen atoms in total. The number of benzene rings is 2. The average molecular weight is 305 g/mol. The van der Waals surface area contributed by atoms with Gasteiger partial charge in [0, 0.05) is 11.1 Å². The van der Waals surface area contributed by atoms with Gasteiger partial charge in [0.25, 0.3) is 0 Å². The lowest BCUT2D eigenvalue weighted by atomic mass is 9.83. The highest BCUT2D eigenvalue weighted by atomic mass is 14.8. The summed E-state index contributed by atoms with van der Waals surface area (Å²) in [6.45, 7) is 12.9. The minimum atomic E-state index is 0.0910. The minimum Gasteiger partial charge on any atom is -0.280 e. The number of hydrogen-bond donors (Lipinski definition) is 0. The lowest BCUT2D eigenvalue weighted by molar-refractivity contribution is 0.320. The van der Waals surface area contributed by atoms with Gasteiger partial charge in [0.1, 0.15) is 0 Å². The Morgan fingerprint density at radius 2 is 1.35 bits per heavy atom. The molecule has 0 saturated carbocycles. The summed E-state index contributed by atoms with van der Waals surface area (Å²) in [5, 5.41) is 0. The Morgan fingerprint density at radius 1 is 0.913 bits per heavy atom. The molecule has 0 saturated heterocycles. The summed E-state index contributed by atoms with van der Waals surface area (Å²) < 4.78 is 0. The molecule has 0 fully saturated rings. The Hall–Kier alpha value is -2.15. The van der Waals surface area contributed by atoms with Crippen LogP contribution in [0.2, 0.25) is 0 Å². The first-order valence-electron chi connectivity index (χ1n) is 8.21. The van der Waals surface area contributed by atoms with Crippen molar-refractivity contribution in [2.45, 2.75) is 40.2 Å². The van der Waals surface area contributed by atoms with Crippen molar-refractivity contribution in [3.8, 4) is 0 Å². The van der Waals surface area contributed by atoms with Gasteiger partial charge in [0.15, 0.2) is 0 Å². The van der Waals surface area contributed by atoms with Gasteiger partial charge in [0.2, 0.25) is 0 Å². The quantitative estimate of drug-likeness (QED) is 0.481.